The molecule has 0 fully saturated rings. The van der Waals surface area contributed by atoms with Gasteiger partial charge in [0.15, 0.2) is 11.5 Å². The number of thioether (sulfide) groups is 1. The highest BCUT2D eigenvalue weighted by molar-refractivity contribution is 7.99. The highest BCUT2D eigenvalue weighted by atomic mass is 32.2. The SMILES string of the molecule is CCc1nnc(NC(=O)CSc2nnnn2-c2ccc(OC)c(OC)c2)s1. The summed E-state index contributed by atoms with van der Waals surface area (Å²) in [5.74, 6) is 1.09. The second-order valence-corrected chi connectivity index (χ2v) is 7.11. The third-order valence-electron chi connectivity index (χ3n) is 3.40. The van der Waals surface area contributed by atoms with E-state index in [0.717, 1.165) is 11.4 Å². The average molecular weight is 407 g/mol. The zero-order valence-corrected chi connectivity index (χ0v) is 16.5. The molecule has 12 heteroatoms. The number of tetrazole rings is 1. The Morgan fingerprint density at radius 1 is 1.22 bits per heavy atom. The molecular formula is C15H17N7O3S2. The number of benzene rings is 1. The molecule has 0 unspecified atom stereocenters. The molecular weight excluding hydrogens is 390 g/mol. The van der Waals surface area contributed by atoms with Gasteiger partial charge in [0.05, 0.1) is 25.7 Å². The minimum atomic E-state index is -0.208. The van der Waals surface area contributed by atoms with E-state index in [0.29, 0.717) is 27.5 Å². The van der Waals surface area contributed by atoms with Gasteiger partial charge in [-0.1, -0.05) is 30.0 Å². The van der Waals surface area contributed by atoms with E-state index in [2.05, 4.69) is 31.0 Å². The Kier molecular flexibility index (Phi) is 6.19. The van der Waals surface area contributed by atoms with Crippen molar-refractivity contribution in [2.75, 3.05) is 25.3 Å². The molecule has 0 bridgehead atoms. The van der Waals surface area contributed by atoms with E-state index in [1.54, 1.807) is 32.4 Å². The lowest BCUT2D eigenvalue weighted by Gasteiger charge is -2.10. The Bertz CT molecular complexity index is 928. The van der Waals surface area contributed by atoms with E-state index in [4.69, 9.17) is 9.47 Å². The van der Waals surface area contributed by atoms with Crippen LogP contribution in [0.25, 0.3) is 5.69 Å². The van der Waals surface area contributed by atoms with E-state index >= 15 is 0 Å². The molecule has 0 radical (unpaired) electrons. The van der Waals surface area contributed by atoms with Crippen molar-refractivity contribution in [1.82, 2.24) is 30.4 Å². The lowest BCUT2D eigenvalue weighted by Crippen LogP contribution is -2.14. The molecule has 0 spiro atoms. The highest BCUT2D eigenvalue weighted by Gasteiger charge is 2.15. The van der Waals surface area contributed by atoms with Crippen LogP contribution >= 0.6 is 23.1 Å². The van der Waals surface area contributed by atoms with Crippen LogP contribution in [0.1, 0.15) is 11.9 Å². The number of amides is 1. The third-order valence-corrected chi connectivity index (χ3v) is 5.30. The monoisotopic (exact) mass is 407 g/mol. The Labute approximate surface area is 163 Å². The molecule has 10 nitrogen and oxygen atoms in total. The van der Waals surface area contributed by atoms with Gasteiger partial charge in [0.2, 0.25) is 16.2 Å². The van der Waals surface area contributed by atoms with Crippen molar-refractivity contribution in [2.45, 2.75) is 18.5 Å². The van der Waals surface area contributed by atoms with Gasteiger partial charge in [-0.05, 0) is 29.0 Å². The minimum absolute atomic E-state index is 0.134. The van der Waals surface area contributed by atoms with Crippen LogP contribution in [0, 0.1) is 0 Å². The number of hydrogen-bond donors (Lipinski definition) is 1. The second-order valence-electron chi connectivity index (χ2n) is 5.10. The van der Waals surface area contributed by atoms with Crippen LogP contribution in [-0.4, -0.2) is 56.3 Å². The molecule has 0 saturated carbocycles. The molecule has 2 aromatic heterocycles. The summed E-state index contributed by atoms with van der Waals surface area (Å²) in [7, 11) is 3.12. The minimum Gasteiger partial charge on any atom is -0.493 e. The number of anilines is 1. The largest absolute Gasteiger partial charge is 0.493 e. The first-order valence-corrected chi connectivity index (χ1v) is 9.70. The molecule has 0 saturated heterocycles. The highest BCUT2D eigenvalue weighted by Crippen LogP contribution is 2.30. The average Bonchev–Trinajstić information content (AvgIpc) is 3.34. The number of methoxy groups -OCH3 is 2. The summed E-state index contributed by atoms with van der Waals surface area (Å²) in [6.07, 6.45) is 0.780. The summed E-state index contributed by atoms with van der Waals surface area (Å²) in [5, 5.41) is 24.1. The molecule has 1 aromatic carbocycles. The molecule has 0 aliphatic rings. The van der Waals surface area contributed by atoms with E-state index in [-0.39, 0.29) is 11.7 Å². The first-order chi connectivity index (χ1) is 13.1. The first kappa shape index (κ1) is 19.0. The molecule has 142 valence electrons. The van der Waals surface area contributed by atoms with Crippen LogP contribution in [0.5, 0.6) is 11.5 Å². The first-order valence-electron chi connectivity index (χ1n) is 7.90. The molecule has 0 aliphatic carbocycles. The van der Waals surface area contributed by atoms with Crippen molar-refractivity contribution in [3.05, 3.63) is 23.2 Å². The summed E-state index contributed by atoms with van der Waals surface area (Å²) in [6.45, 7) is 1.98. The molecule has 1 amide bonds. The number of ether oxygens (including phenoxy) is 2. The van der Waals surface area contributed by atoms with Gasteiger partial charge in [-0.2, -0.15) is 4.68 Å². The number of hydrogen-bond acceptors (Lipinski definition) is 10. The summed E-state index contributed by atoms with van der Waals surface area (Å²) < 4.78 is 12.1. The molecule has 0 aliphatic heterocycles. The maximum atomic E-state index is 12.1. The number of carbonyl (C=O) groups excluding carboxylic acids is 1. The third kappa shape index (κ3) is 4.52. The fourth-order valence-corrected chi connectivity index (χ4v) is 3.51. The zero-order chi connectivity index (χ0) is 19.2. The number of nitrogens with zero attached hydrogens (tertiary/aromatic N) is 6. The maximum absolute atomic E-state index is 12.1. The van der Waals surface area contributed by atoms with Crippen molar-refractivity contribution in [1.29, 1.82) is 0 Å². The van der Waals surface area contributed by atoms with Crippen LogP contribution in [0.15, 0.2) is 23.4 Å². The molecule has 0 atom stereocenters. The van der Waals surface area contributed by atoms with Gasteiger partial charge in [-0.25, -0.2) is 0 Å². The molecule has 27 heavy (non-hydrogen) atoms. The lowest BCUT2D eigenvalue weighted by molar-refractivity contribution is -0.113. The van der Waals surface area contributed by atoms with Gasteiger partial charge in [-0.3, -0.25) is 10.1 Å². The second kappa shape index (κ2) is 8.77. The van der Waals surface area contributed by atoms with E-state index < -0.39 is 0 Å². The molecule has 1 N–H and O–H groups in total. The topological polar surface area (TPSA) is 117 Å². The van der Waals surface area contributed by atoms with Gasteiger partial charge >= 0.3 is 0 Å². The summed E-state index contributed by atoms with van der Waals surface area (Å²) >= 11 is 2.57. The van der Waals surface area contributed by atoms with E-state index in [1.165, 1.54) is 27.8 Å². The predicted octanol–water partition coefficient (Wildman–Crippen LogP) is 1.82. The number of aryl methyl sites for hydroxylation is 1. The van der Waals surface area contributed by atoms with Gasteiger partial charge in [0.1, 0.15) is 5.01 Å². The van der Waals surface area contributed by atoms with Crippen molar-refractivity contribution in [3.63, 3.8) is 0 Å². The van der Waals surface area contributed by atoms with Crippen molar-refractivity contribution >= 4 is 34.1 Å². The van der Waals surface area contributed by atoms with Gasteiger partial charge in [-0.15, -0.1) is 15.3 Å². The van der Waals surface area contributed by atoms with Crippen molar-refractivity contribution in [2.24, 2.45) is 0 Å². The summed E-state index contributed by atoms with van der Waals surface area (Å²) in [6, 6.07) is 5.32. The van der Waals surface area contributed by atoms with Gasteiger partial charge < -0.3 is 9.47 Å². The summed E-state index contributed by atoms with van der Waals surface area (Å²) in [4.78, 5) is 12.1. The number of nitrogens with one attached hydrogen (secondary N) is 1. The van der Waals surface area contributed by atoms with Crippen LogP contribution < -0.4 is 14.8 Å². The summed E-state index contributed by atoms with van der Waals surface area (Å²) in [5.41, 5.74) is 0.692. The smallest absolute Gasteiger partial charge is 0.236 e. The Hall–Kier alpha value is -2.73. The van der Waals surface area contributed by atoms with E-state index in [1.807, 2.05) is 6.92 Å². The Morgan fingerprint density at radius 2 is 2.04 bits per heavy atom. The predicted molar refractivity (Wildman–Crippen MR) is 101 cm³/mol. The molecule has 3 rings (SSSR count). The van der Waals surface area contributed by atoms with Gasteiger partial charge in [0.25, 0.3) is 0 Å². The fourth-order valence-electron chi connectivity index (χ4n) is 2.12. The number of aromatic nitrogens is 6. The maximum Gasteiger partial charge on any atom is 0.236 e. The van der Waals surface area contributed by atoms with Crippen LogP contribution in [0.3, 0.4) is 0 Å². The Morgan fingerprint density at radius 3 is 2.74 bits per heavy atom. The lowest BCUT2D eigenvalue weighted by atomic mass is 10.3. The van der Waals surface area contributed by atoms with Crippen LogP contribution in [0.4, 0.5) is 5.13 Å². The van der Waals surface area contributed by atoms with E-state index in [9.17, 15) is 4.79 Å². The van der Waals surface area contributed by atoms with Crippen LogP contribution in [-0.2, 0) is 11.2 Å². The van der Waals surface area contributed by atoms with Gasteiger partial charge in [0, 0.05) is 6.07 Å². The quantitative estimate of drug-likeness (QED) is 0.558. The standard InChI is InChI=1S/C15H17N7O3S2/c1-4-13-17-18-14(27-13)16-12(23)8-26-15-19-20-21-22(15)9-5-6-10(24-2)11(7-9)25-3/h5-7H,4,8H2,1-3H3,(H,16,18,23). The molecule has 3 aromatic rings. The van der Waals surface area contributed by atoms with Crippen molar-refractivity contribution < 1.29 is 14.3 Å². The Balaban J connectivity index is 1.67. The zero-order valence-electron chi connectivity index (χ0n) is 14.9. The number of carbonyl (C=O) groups is 1. The number of rotatable bonds is 8. The normalized spacial score (nSPS) is 10.6. The molecule has 2 heterocycles. The fraction of sp³-hybridized carbons (Fsp3) is 0.333. The van der Waals surface area contributed by atoms with Crippen molar-refractivity contribution in [3.8, 4) is 17.2 Å². The van der Waals surface area contributed by atoms with Crippen LogP contribution in [0.2, 0.25) is 0 Å².